The van der Waals surface area contributed by atoms with Gasteiger partial charge in [-0.2, -0.15) is 0 Å². The molecule has 0 fully saturated rings. The number of nitrogens with zero attached hydrogens (tertiary/aromatic N) is 1. The summed E-state index contributed by atoms with van der Waals surface area (Å²) in [6.07, 6.45) is -2.11. The Morgan fingerprint density at radius 1 is 0.941 bits per heavy atom. The Morgan fingerprint density at radius 3 is 1.71 bits per heavy atom. The summed E-state index contributed by atoms with van der Waals surface area (Å²) in [5.41, 5.74) is 0. The van der Waals surface area contributed by atoms with Gasteiger partial charge in [-0.05, 0) is 7.05 Å². The predicted octanol–water partition coefficient (Wildman–Crippen LogP) is -0.957. The Hall–Kier alpha value is -1.54. The lowest BCUT2D eigenvalue weighted by molar-refractivity contribution is 0.188. The normalized spacial score (nSPS) is 10.2. The molecule has 0 aliphatic heterocycles. The summed E-state index contributed by atoms with van der Waals surface area (Å²) in [6.45, 7) is 3.25. The van der Waals surface area contributed by atoms with E-state index in [9.17, 15) is 9.59 Å². The van der Waals surface area contributed by atoms with Gasteiger partial charge in [-0.25, -0.2) is 9.59 Å². The Bertz CT molecular complexity index is 217. The van der Waals surface area contributed by atoms with Crippen LogP contribution in [0.15, 0.2) is 0 Å². The molecular weight excluding hydrogens is 228 g/mol. The van der Waals surface area contributed by atoms with Gasteiger partial charge in [0, 0.05) is 39.3 Å². The first-order valence-electron chi connectivity index (χ1n) is 5.36. The van der Waals surface area contributed by atoms with Crippen molar-refractivity contribution in [2.75, 3.05) is 46.3 Å². The van der Waals surface area contributed by atoms with Crippen LogP contribution in [-0.2, 0) is 0 Å². The van der Waals surface area contributed by atoms with Crippen LogP contribution in [0.4, 0.5) is 9.59 Å². The van der Waals surface area contributed by atoms with E-state index in [-0.39, 0.29) is 0 Å². The van der Waals surface area contributed by atoms with Crippen molar-refractivity contribution in [3.05, 3.63) is 0 Å². The molecule has 0 aromatic carbocycles. The van der Waals surface area contributed by atoms with Crippen molar-refractivity contribution in [3.8, 4) is 0 Å². The number of hydrogen-bond acceptors (Lipinski definition) is 4. The SMILES string of the molecule is CNCCN(CCNC(=O)O)CCNC(=O)O. The molecule has 0 bridgehead atoms. The minimum atomic E-state index is -1.05. The van der Waals surface area contributed by atoms with E-state index in [4.69, 9.17) is 10.2 Å². The maximum absolute atomic E-state index is 10.3. The molecule has 17 heavy (non-hydrogen) atoms. The van der Waals surface area contributed by atoms with Crippen LogP contribution in [0.3, 0.4) is 0 Å². The average molecular weight is 248 g/mol. The van der Waals surface area contributed by atoms with Crippen molar-refractivity contribution in [2.45, 2.75) is 0 Å². The molecule has 0 aromatic heterocycles. The molecule has 8 heteroatoms. The molecule has 0 aromatic rings. The van der Waals surface area contributed by atoms with Gasteiger partial charge in [-0.3, -0.25) is 4.90 Å². The van der Waals surface area contributed by atoms with Crippen LogP contribution in [0.1, 0.15) is 0 Å². The highest BCUT2D eigenvalue weighted by molar-refractivity contribution is 5.64. The summed E-state index contributed by atoms with van der Waals surface area (Å²) >= 11 is 0. The van der Waals surface area contributed by atoms with E-state index in [2.05, 4.69) is 16.0 Å². The van der Waals surface area contributed by atoms with Crippen molar-refractivity contribution in [1.29, 1.82) is 0 Å². The van der Waals surface area contributed by atoms with Crippen LogP contribution in [0.25, 0.3) is 0 Å². The molecule has 0 saturated heterocycles. The Kier molecular flexibility index (Phi) is 8.79. The van der Waals surface area contributed by atoms with E-state index in [1.54, 1.807) is 0 Å². The molecule has 0 spiro atoms. The van der Waals surface area contributed by atoms with E-state index in [1.807, 2.05) is 11.9 Å². The van der Waals surface area contributed by atoms with Crippen LogP contribution in [0.2, 0.25) is 0 Å². The van der Waals surface area contributed by atoms with Crippen molar-refractivity contribution < 1.29 is 19.8 Å². The number of rotatable bonds is 9. The number of hydrogen-bond donors (Lipinski definition) is 5. The lowest BCUT2D eigenvalue weighted by atomic mass is 10.4. The van der Waals surface area contributed by atoms with Gasteiger partial charge in [-0.15, -0.1) is 0 Å². The molecule has 0 aliphatic rings. The molecule has 0 unspecified atom stereocenters. The Balaban J connectivity index is 3.78. The molecule has 2 amide bonds. The molecule has 100 valence electrons. The molecule has 0 saturated carbocycles. The van der Waals surface area contributed by atoms with Crippen LogP contribution in [0, 0.1) is 0 Å². The number of nitrogens with one attached hydrogen (secondary N) is 3. The maximum Gasteiger partial charge on any atom is 0.404 e. The average Bonchev–Trinajstić information content (AvgIpc) is 2.24. The quantitative estimate of drug-likeness (QED) is 0.359. The molecule has 0 aliphatic carbocycles. The van der Waals surface area contributed by atoms with Gasteiger partial charge in [0.15, 0.2) is 0 Å². The zero-order chi connectivity index (χ0) is 13.1. The zero-order valence-corrected chi connectivity index (χ0v) is 9.90. The fraction of sp³-hybridized carbons (Fsp3) is 0.778. The number of carboxylic acid groups (broad SMARTS) is 2. The smallest absolute Gasteiger partial charge is 0.404 e. The largest absolute Gasteiger partial charge is 0.465 e. The van der Waals surface area contributed by atoms with Crippen LogP contribution in [-0.4, -0.2) is 73.6 Å². The summed E-state index contributed by atoms with van der Waals surface area (Å²) in [5.74, 6) is 0. The van der Waals surface area contributed by atoms with E-state index in [0.29, 0.717) is 26.2 Å². The second kappa shape index (κ2) is 9.67. The second-order valence-electron chi connectivity index (χ2n) is 3.41. The predicted molar refractivity (Wildman–Crippen MR) is 62.4 cm³/mol. The Morgan fingerprint density at radius 2 is 1.35 bits per heavy atom. The fourth-order valence-electron chi connectivity index (χ4n) is 1.25. The van der Waals surface area contributed by atoms with Gasteiger partial charge in [0.2, 0.25) is 0 Å². The monoisotopic (exact) mass is 248 g/mol. The third-order valence-corrected chi connectivity index (χ3v) is 2.09. The molecule has 8 nitrogen and oxygen atoms in total. The summed E-state index contributed by atoms with van der Waals surface area (Å²) in [7, 11) is 1.82. The van der Waals surface area contributed by atoms with Gasteiger partial charge in [-0.1, -0.05) is 0 Å². The van der Waals surface area contributed by atoms with E-state index in [0.717, 1.165) is 13.1 Å². The number of carbonyl (C=O) groups is 2. The minimum Gasteiger partial charge on any atom is -0.465 e. The molecule has 0 atom stereocenters. The molecular formula is C9H20N4O4. The second-order valence-corrected chi connectivity index (χ2v) is 3.41. The van der Waals surface area contributed by atoms with Crippen molar-refractivity contribution >= 4 is 12.2 Å². The lowest BCUT2D eigenvalue weighted by Gasteiger charge is -2.21. The lowest BCUT2D eigenvalue weighted by Crippen LogP contribution is -2.41. The zero-order valence-electron chi connectivity index (χ0n) is 9.90. The number of likely N-dealkylation sites (N-methyl/N-ethyl adjacent to an activating group) is 1. The first-order valence-corrected chi connectivity index (χ1v) is 5.36. The van der Waals surface area contributed by atoms with E-state index in [1.165, 1.54) is 0 Å². The van der Waals surface area contributed by atoms with Crippen LogP contribution >= 0.6 is 0 Å². The third-order valence-electron chi connectivity index (χ3n) is 2.09. The highest BCUT2D eigenvalue weighted by Gasteiger charge is 2.05. The topological polar surface area (TPSA) is 114 Å². The summed E-state index contributed by atoms with van der Waals surface area (Å²) in [6, 6.07) is 0. The third kappa shape index (κ3) is 10.7. The van der Waals surface area contributed by atoms with Crippen LogP contribution < -0.4 is 16.0 Å². The summed E-state index contributed by atoms with van der Waals surface area (Å²) in [5, 5.41) is 24.4. The van der Waals surface area contributed by atoms with E-state index >= 15 is 0 Å². The number of amides is 2. The molecule has 0 radical (unpaired) electrons. The summed E-state index contributed by atoms with van der Waals surface area (Å²) < 4.78 is 0. The molecule has 0 heterocycles. The van der Waals surface area contributed by atoms with Gasteiger partial charge in [0.25, 0.3) is 0 Å². The molecule has 0 rings (SSSR count). The first-order chi connectivity index (χ1) is 8.06. The Labute approximate surface area is 100.0 Å². The molecule has 5 N–H and O–H groups in total. The summed E-state index contributed by atoms with van der Waals surface area (Å²) in [4.78, 5) is 22.5. The van der Waals surface area contributed by atoms with Gasteiger partial charge >= 0.3 is 12.2 Å². The first kappa shape index (κ1) is 15.5. The highest BCUT2D eigenvalue weighted by Crippen LogP contribution is 1.85. The standard InChI is InChI=1S/C9H20N4O4/c1-10-2-5-13(6-3-11-8(14)15)7-4-12-9(16)17/h10-12H,2-7H2,1H3,(H,14,15)(H,16,17). The maximum atomic E-state index is 10.3. The highest BCUT2D eigenvalue weighted by atomic mass is 16.4. The van der Waals surface area contributed by atoms with Crippen molar-refractivity contribution in [2.24, 2.45) is 0 Å². The van der Waals surface area contributed by atoms with E-state index < -0.39 is 12.2 Å². The van der Waals surface area contributed by atoms with Crippen molar-refractivity contribution in [3.63, 3.8) is 0 Å². The van der Waals surface area contributed by atoms with Gasteiger partial charge in [0.05, 0.1) is 0 Å². The van der Waals surface area contributed by atoms with Crippen LogP contribution in [0.5, 0.6) is 0 Å². The van der Waals surface area contributed by atoms with Gasteiger partial charge < -0.3 is 26.2 Å². The van der Waals surface area contributed by atoms with Crippen molar-refractivity contribution in [1.82, 2.24) is 20.9 Å². The minimum absolute atomic E-state index is 0.326. The fourth-order valence-corrected chi connectivity index (χ4v) is 1.25. The van der Waals surface area contributed by atoms with Gasteiger partial charge in [0.1, 0.15) is 0 Å².